The molecule has 0 aromatic rings. The van der Waals surface area contributed by atoms with Crippen LogP contribution in [-0.2, 0) is 19.1 Å². The van der Waals surface area contributed by atoms with Crippen molar-refractivity contribution in [1.29, 1.82) is 5.26 Å². The number of esters is 1. The maximum absolute atomic E-state index is 11.9. The smallest absolute Gasteiger partial charge is 0.308 e. The van der Waals surface area contributed by atoms with Gasteiger partial charge in [0.2, 0.25) is 0 Å². The Morgan fingerprint density at radius 3 is 3.04 bits per heavy atom. The molecule has 24 heavy (non-hydrogen) atoms. The van der Waals surface area contributed by atoms with Crippen molar-refractivity contribution in [3.63, 3.8) is 0 Å². The third-order valence-electron chi connectivity index (χ3n) is 4.45. The zero-order valence-electron chi connectivity index (χ0n) is 14.6. The minimum Gasteiger partial charge on any atom is -0.466 e. The van der Waals surface area contributed by atoms with Gasteiger partial charge in [-0.2, -0.15) is 10.3 Å². The number of likely N-dealkylation sites (N-methyl/N-ethyl adjacent to an activating group) is 1. The number of piperidine rings is 1. The lowest BCUT2D eigenvalue weighted by Crippen LogP contribution is -2.54. The number of hydrogen-bond donors (Lipinski definition) is 1. The van der Waals surface area contributed by atoms with Gasteiger partial charge in [-0.05, 0) is 33.2 Å². The molecule has 0 spiro atoms. The molecule has 0 radical (unpaired) electrons. The van der Waals surface area contributed by atoms with E-state index in [0.717, 1.165) is 25.9 Å². The molecule has 1 N–H and O–H groups in total. The molecule has 0 saturated carbocycles. The maximum Gasteiger partial charge on any atom is 0.308 e. The molecule has 0 bridgehead atoms. The summed E-state index contributed by atoms with van der Waals surface area (Å²) in [5.41, 5.74) is -0.947. The summed E-state index contributed by atoms with van der Waals surface area (Å²) < 4.78 is 10.7. The third-order valence-corrected chi connectivity index (χ3v) is 4.45. The van der Waals surface area contributed by atoms with E-state index < -0.39 is 5.54 Å². The summed E-state index contributed by atoms with van der Waals surface area (Å²) in [6.07, 6.45) is 2.43. The number of hydroxylamine groups is 2. The normalized spacial score (nSPS) is 28.5. The van der Waals surface area contributed by atoms with E-state index in [1.165, 1.54) is 0 Å². The molecule has 8 nitrogen and oxygen atoms in total. The topological polar surface area (TPSA) is 87.1 Å². The van der Waals surface area contributed by atoms with Crippen molar-refractivity contribution in [1.82, 2.24) is 15.3 Å². The SMILES string of the molecule is CCOC(=O)CC1(C#N)CCCCN1OCN(C)C1CNCCO1. The first kappa shape index (κ1) is 19.1. The molecule has 136 valence electrons. The molecule has 2 aliphatic rings. The van der Waals surface area contributed by atoms with Crippen LogP contribution < -0.4 is 5.32 Å². The van der Waals surface area contributed by atoms with E-state index in [1.54, 1.807) is 12.0 Å². The molecule has 0 aromatic heterocycles. The van der Waals surface area contributed by atoms with Crippen LogP contribution in [0.1, 0.15) is 32.6 Å². The minimum atomic E-state index is -0.947. The molecule has 2 atom stereocenters. The highest BCUT2D eigenvalue weighted by atomic mass is 16.7. The number of nitriles is 1. The average Bonchev–Trinajstić information content (AvgIpc) is 2.61. The molecular weight excluding hydrogens is 312 g/mol. The number of rotatable bonds is 7. The second-order valence-electron chi connectivity index (χ2n) is 6.23. The highest BCUT2D eigenvalue weighted by Crippen LogP contribution is 2.31. The second-order valence-corrected chi connectivity index (χ2v) is 6.23. The summed E-state index contributed by atoms with van der Waals surface area (Å²) in [6, 6.07) is 2.30. The van der Waals surface area contributed by atoms with Crippen molar-refractivity contribution in [2.45, 2.75) is 44.4 Å². The number of nitrogens with zero attached hydrogens (tertiary/aromatic N) is 3. The van der Waals surface area contributed by atoms with Gasteiger partial charge in [0.05, 0.1) is 25.7 Å². The highest BCUT2D eigenvalue weighted by molar-refractivity contribution is 5.71. The van der Waals surface area contributed by atoms with Gasteiger partial charge in [0, 0.05) is 19.6 Å². The van der Waals surface area contributed by atoms with E-state index in [0.29, 0.717) is 32.9 Å². The Kier molecular flexibility index (Phi) is 7.40. The summed E-state index contributed by atoms with van der Waals surface area (Å²) in [4.78, 5) is 19.8. The van der Waals surface area contributed by atoms with Crippen LogP contribution in [0.4, 0.5) is 0 Å². The van der Waals surface area contributed by atoms with Crippen LogP contribution in [-0.4, -0.2) is 74.3 Å². The lowest BCUT2D eigenvalue weighted by Gasteiger charge is -2.41. The van der Waals surface area contributed by atoms with Gasteiger partial charge >= 0.3 is 5.97 Å². The van der Waals surface area contributed by atoms with Crippen LogP contribution in [0, 0.1) is 11.3 Å². The number of carbonyl (C=O) groups excluding carboxylic acids is 1. The molecule has 2 fully saturated rings. The van der Waals surface area contributed by atoms with Gasteiger partial charge in [-0.1, -0.05) is 0 Å². The fourth-order valence-corrected chi connectivity index (χ4v) is 3.06. The molecule has 8 heteroatoms. The van der Waals surface area contributed by atoms with E-state index >= 15 is 0 Å². The van der Waals surface area contributed by atoms with Crippen molar-refractivity contribution in [3.8, 4) is 6.07 Å². The summed E-state index contributed by atoms with van der Waals surface area (Å²) in [5.74, 6) is -0.359. The van der Waals surface area contributed by atoms with E-state index in [1.807, 2.05) is 11.9 Å². The van der Waals surface area contributed by atoms with Crippen molar-refractivity contribution in [2.24, 2.45) is 0 Å². The maximum atomic E-state index is 11.9. The summed E-state index contributed by atoms with van der Waals surface area (Å²) in [7, 11) is 1.92. The Morgan fingerprint density at radius 1 is 1.54 bits per heavy atom. The first-order chi connectivity index (χ1) is 11.6. The first-order valence-electron chi connectivity index (χ1n) is 8.61. The van der Waals surface area contributed by atoms with Crippen LogP contribution in [0.15, 0.2) is 0 Å². The number of carbonyl (C=O) groups is 1. The molecule has 2 heterocycles. The van der Waals surface area contributed by atoms with Crippen molar-refractivity contribution < 1.29 is 19.1 Å². The largest absolute Gasteiger partial charge is 0.466 e. The summed E-state index contributed by atoms with van der Waals surface area (Å²) >= 11 is 0. The molecule has 2 rings (SSSR count). The standard InChI is InChI=1S/C16H28N4O4/c1-3-22-15(21)10-16(12-17)6-4-5-8-20(16)24-13-19(2)14-11-18-7-9-23-14/h14,18H,3-11,13H2,1-2H3. The van der Waals surface area contributed by atoms with Gasteiger partial charge in [0.25, 0.3) is 0 Å². The molecule has 2 saturated heterocycles. The van der Waals surface area contributed by atoms with Crippen LogP contribution in [0.25, 0.3) is 0 Å². The monoisotopic (exact) mass is 340 g/mol. The van der Waals surface area contributed by atoms with E-state index in [4.69, 9.17) is 14.3 Å². The van der Waals surface area contributed by atoms with Crippen molar-refractivity contribution in [3.05, 3.63) is 0 Å². The highest BCUT2D eigenvalue weighted by Gasteiger charge is 2.43. The Bertz CT molecular complexity index is 450. The fourth-order valence-electron chi connectivity index (χ4n) is 3.06. The van der Waals surface area contributed by atoms with Crippen molar-refractivity contribution >= 4 is 5.97 Å². The Labute approximate surface area is 143 Å². The summed E-state index contributed by atoms with van der Waals surface area (Å²) in [5, 5.41) is 14.7. The van der Waals surface area contributed by atoms with Crippen LogP contribution in [0.5, 0.6) is 0 Å². The van der Waals surface area contributed by atoms with Crippen LogP contribution in [0.2, 0.25) is 0 Å². The van der Waals surface area contributed by atoms with Gasteiger partial charge in [0.15, 0.2) is 0 Å². The Morgan fingerprint density at radius 2 is 2.38 bits per heavy atom. The number of ether oxygens (including phenoxy) is 2. The molecule has 0 amide bonds. The van der Waals surface area contributed by atoms with Gasteiger partial charge in [-0.15, -0.1) is 0 Å². The molecule has 2 unspecified atom stereocenters. The van der Waals surface area contributed by atoms with E-state index in [2.05, 4.69) is 11.4 Å². The van der Waals surface area contributed by atoms with Crippen LogP contribution >= 0.6 is 0 Å². The average molecular weight is 340 g/mol. The zero-order valence-corrected chi connectivity index (χ0v) is 14.6. The van der Waals surface area contributed by atoms with Gasteiger partial charge < -0.3 is 14.8 Å². The van der Waals surface area contributed by atoms with Crippen molar-refractivity contribution in [2.75, 3.05) is 46.6 Å². The molecule has 0 aromatic carbocycles. The molecular formula is C16H28N4O4. The van der Waals surface area contributed by atoms with Gasteiger partial charge in [-0.25, -0.2) is 0 Å². The lowest BCUT2D eigenvalue weighted by atomic mass is 9.87. The molecule has 0 aliphatic carbocycles. The Balaban J connectivity index is 1.94. The fraction of sp³-hybridized carbons (Fsp3) is 0.875. The number of morpholine rings is 1. The minimum absolute atomic E-state index is 0.0303. The number of nitrogens with one attached hydrogen (secondary N) is 1. The van der Waals surface area contributed by atoms with Gasteiger partial charge in [-0.3, -0.25) is 14.5 Å². The molecule has 2 aliphatic heterocycles. The third kappa shape index (κ3) is 4.88. The van der Waals surface area contributed by atoms with E-state index in [-0.39, 0.29) is 18.6 Å². The predicted octanol–water partition coefficient (Wildman–Crippen LogP) is 0.455. The lowest BCUT2D eigenvalue weighted by molar-refractivity contribution is -0.258. The Hall–Kier alpha value is -1.24. The summed E-state index contributed by atoms with van der Waals surface area (Å²) in [6.45, 7) is 5.28. The van der Waals surface area contributed by atoms with E-state index in [9.17, 15) is 10.1 Å². The first-order valence-corrected chi connectivity index (χ1v) is 8.61. The van der Waals surface area contributed by atoms with Gasteiger partial charge in [0.1, 0.15) is 18.5 Å². The quantitative estimate of drug-likeness (QED) is 0.528. The number of hydrogen-bond acceptors (Lipinski definition) is 8. The van der Waals surface area contributed by atoms with Crippen LogP contribution in [0.3, 0.4) is 0 Å². The second kappa shape index (κ2) is 9.30. The predicted molar refractivity (Wildman–Crippen MR) is 86.5 cm³/mol. The zero-order chi connectivity index (χ0) is 17.4.